The molecular weight excluding hydrogens is 240 g/mol. The Bertz CT molecular complexity index is 616. The van der Waals surface area contributed by atoms with Crippen LogP contribution < -0.4 is 10.6 Å². The van der Waals surface area contributed by atoms with E-state index in [2.05, 4.69) is 10.6 Å². The van der Waals surface area contributed by atoms with Gasteiger partial charge in [-0.05, 0) is 18.2 Å². The zero-order chi connectivity index (χ0) is 13.4. The first-order valence-corrected chi connectivity index (χ1v) is 6.22. The molecule has 1 amide bonds. The molecule has 0 spiro atoms. The number of carbonyl (C=O) groups is 2. The summed E-state index contributed by atoms with van der Waals surface area (Å²) in [5, 5.41) is 5.90. The Morgan fingerprint density at radius 3 is 2.89 bits per heavy atom. The van der Waals surface area contributed by atoms with Gasteiger partial charge in [-0.1, -0.05) is 24.3 Å². The first-order chi connectivity index (χ1) is 9.20. The number of benzene rings is 1. The number of rotatable bonds is 1. The standard InChI is InChI=1S/C15H14N2O2/c1-16-15(19)9-6-7-11-13(8-9)17-12-5-3-2-4-10(12)14(11)18/h2-8,11,13,17H,1H3,(H,16,19). The van der Waals surface area contributed by atoms with Crippen LogP contribution in [0.5, 0.6) is 0 Å². The van der Waals surface area contributed by atoms with Crippen LogP contribution in [0, 0.1) is 5.92 Å². The predicted molar refractivity (Wildman–Crippen MR) is 73.0 cm³/mol. The van der Waals surface area contributed by atoms with Gasteiger partial charge >= 0.3 is 0 Å². The number of hydrogen-bond donors (Lipinski definition) is 2. The Morgan fingerprint density at radius 1 is 1.32 bits per heavy atom. The Morgan fingerprint density at radius 2 is 2.11 bits per heavy atom. The second kappa shape index (κ2) is 4.39. The molecule has 0 radical (unpaired) electrons. The Balaban J connectivity index is 1.98. The minimum Gasteiger partial charge on any atom is -0.377 e. The molecule has 96 valence electrons. The lowest BCUT2D eigenvalue weighted by atomic mass is 9.82. The molecular formula is C15H14N2O2. The van der Waals surface area contributed by atoms with Crippen LogP contribution in [0.4, 0.5) is 5.69 Å². The van der Waals surface area contributed by atoms with Crippen molar-refractivity contribution in [3.8, 4) is 0 Å². The first-order valence-electron chi connectivity index (χ1n) is 6.22. The molecule has 2 N–H and O–H groups in total. The number of carbonyl (C=O) groups excluding carboxylic acids is 2. The second-order valence-electron chi connectivity index (χ2n) is 4.67. The lowest BCUT2D eigenvalue weighted by Gasteiger charge is -2.32. The summed E-state index contributed by atoms with van der Waals surface area (Å²) in [6, 6.07) is 7.31. The molecule has 0 fully saturated rings. The maximum atomic E-state index is 12.4. The molecule has 1 aromatic carbocycles. The van der Waals surface area contributed by atoms with Gasteiger partial charge in [0.1, 0.15) is 0 Å². The summed E-state index contributed by atoms with van der Waals surface area (Å²) in [5.74, 6) is -0.270. The van der Waals surface area contributed by atoms with Crippen molar-refractivity contribution in [2.45, 2.75) is 6.04 Å². The molecule has 1 heterocycles. The Hall–Kier alpha value is -2.36. The number of fused-ring (bicyclic) bond motifs is 2. The van der Waals surface area contributed by atoms with E-state index in [1.807, 2.05) is 30.3 Å². The summed E-state index contributed by atoms with van der Waals surface area (Å²) in [6.45, 7) is 0. The number of Topliss-reactive ketones (excluding diaryl/α,β-unsaturated/α-hetero) is 1. The van der Waals surface area contributed by atoms with Crippen molar-refractivity contribution in [1.29, 1.82) is 0 Å². The minimum absolute atomic E-state index is 0.0998. The van der Waals surface area contributed by atoms with Crippen LogP contribution in [0.1, 0.15) is 10.4 Å². The third kappa shape index (κ3) is 1.85. The molecule has 4 heteroatoms. The zero-order valence-corrected chi connectivity index (χ0v) is 10.5. The van der Waals surface area contributed by atoms with E-state index in [-0.39, 0.29) is 23.7 Å². The summed E-state index contributed by atoms with van der Waals surface area (Å²) in [5.41, 5.74) is 2.13. The average Bonchev–Trinajstić information content (AvgIpc) is 2.46. The van der Waals surface area contributed by atoms with Crippen molar-refractivity contribution >= 4 is 17.4 Å². The Kier molecular flexibility index (Phi) is 2.71. The highest BCUT2D eigenvalue weighted by atomic mass is 16.1. The molecule has 1 aliphatic heterocycles. The van der Waals surface area contributed by atoms with Gasteiger partial charge in [0.05, 0.1) is 12.0 Å². The van der Waals surface area contributed by atoms with Gasteiger partial charge in [0.15, 0.2) is 5.78 Å². The van der Waals surface area contributed by atoms with Gasteiger partial charge in [0.2, 0.25) is 0 Å². The number of ketones is 1. The highest BCUT2D eigenvalue weighted by Gasteiger charge is 2.34. The van der Waals surface area contributed by atoms with Gasteiger partial charge in [0, 0.05) is 23.9 Å². The summed E-state index contributed by atoms with van der Waals surface area (Å²) in [4.78, 5) is 24.0. The third-order valence-corrected chi connectivity index (χ3v) is 3.54. The number of para-hydroxylation sites is 1. The van der Waals surface area contributed by atoms with Crippen molar-refractivity contribution in [2.75, 3.05) is 12.4 Å². The molecule has 1 aliphatic carbocycles. The minimum atomic E-state index is -0.233. The van der Waals surface area contributed by atoms with Crippen molar-refractivity contribution < 1.29 is 9.59 Å². The molecule has 0 saturated carbocycles. The van der Waals surface area contributed by atoms with Crippen LogP contribution in [-0.4, -0.2) is 24.8 Å². The van der Waals surface area contributed by atoms with E-state index in [4.69, 9.17) is 0 Å². The molecule has 2 aliphatic rings. The third-order valence-electron chi connectivity index (χ3n) is 3.54. The van der Waals surface area contributed by atoms with Crippen LogP contribution >= 0.6 is 0 Å². The molecule has 4 nitrogen and oxygen atoms in total. The Labute approximate surface area is 111 Å². The van der Waals surface area contributed by atoms with Gasteiger partial charge < -0.3 is 10.6 Å². The summed E-state index contributed by atoms with van der Waals surface area (Å²) >= 11 is 0. The molecule has 2 unspecified atom stereocenters. The predicted octanol–water partition coefficient (Wildman–Crippen LogP) is 1.52. The fourth-order valence-electron chi connectivity index (χ4n) is 2.54. The first kappa shape index (κ1) is 11.7. The topological polar surface area (TPSA) is 58.2 Å². The van der Waals surface area contributed by atoms with E-state index in [0.29, 0.717) is 11.1 Å². The molecule has 3 rings (SSSR count). The fraction of sp³-hybridized carbons (Fsp3) is 0.200. The highest BCUT2D eigenvalue weighted by molar-refractivity contribution is 6.07. The highest BCUT2D eigenvalue weighted by Crippen LogP contribution is 2.32. The smallest absolute Gasteiger partial charge is 0.250 e. The van der Waals surface area contributed by atoms with Gasteiger partial charge in [-0.2, -0.15) is 0 Å². The van der Waals surface area contributed by atoms with Crippen molar-refractivity contribution in [1.82, 2.24) is 5.32 Å². The maximum Gasteiger partial charge on any atom is 0.250 e. The summed E-state index contributed by atoms with van der Waals surface area (Å²) in [7, 11) is 1.60. The van der Waals surface area contributed by atoms with Crippen LogP contribution in [0.25, 0.3) is 0 Å². The monoisotopic (exact) mass is 254 g/mol. The SMILES string of the molecule is CNC(=O)C1=CC2Nc3ccccc3C(=O)C2C=C1. The summed E-state index contributed by atoms with van der Waals surface area (Å²) in [6.07, 6.45) is 5.34. The van der Waals surface area contributed by atoms with Crippen molar-refractivity contribution in [3.05, 3.63) is 53.6 Å². The van der Waals surface area contributed by atoms with Gasteiger partial charge in [-0.25, -0.2) is 0 Å². The van der Waals surface area contributed by atoms with Crippen molar-refractivity contribution in [2.24, 2.45) is 5.92 Å². The number of anilines is 1. The molecule has 0 saturated heterocycles. The van der Waals surface area contributed by atoms with Crippen LogP contribution in [-0.2, 0) is 4.79 Å². The summed E-state index contributed by atoms with van der Waals surface area (Å²) < 4.78 is 0. The second-order valence-corrected chi connectivity index (χ2v) is 4.67. The molecule has 0 aromatic heterocycles. The van der Waals surface area contributed by atoms with E-state index in [1.54, 1.807) is 19.2 Å². The van der Waals surface area contributed by atoms with E-state index in [0.717, 1.165) is 5.69 Å². The molecule has 2 atom stereocenters. The van der Waals surface area contributed by atoms with Gasteiger partial charge in [-0.15, -0.1) is 0 Å². The average molecular weight is 254 g/mol. The van der Waals surface area contributed by atoms with E-state index < -0.39 is 0 Å². The van der Waals surface area contributed by atoms with Crippen LogP contribution in [0.3, 0.4) is 0 Å². The lowest BCUT2D eigenvalue weighted by Crippen LogP contribution is -2.39. The molecule has 1 aromatic rings. The van der Waals surface area contributed by atoms with E-state index >= 15 is 0 Å². The number of amides is 1. The largest absolute Gasteiger partial charge is 0.377 e. The van der Waals surface area contributed by atoms with Gasteiger partial charge in [0.25, 0.3) is 5.91 Å². The normalized spacial score (nSPS) is 23.8. The number of likely N-dealkylation sites (N-methyl/N-ethyl adjacent to an activating group) is 1. The van der Waals surface area contributed by atoms with Crippen LogP contribution in [0.15, 0.2) is 48.1 Å². The maximum absolute atomic E-state index is 12.4. The van der Waals surface area contributed by atoms with Gasteiger partial charge in [-0.3, -0.25) is 9.59 Å². The van der Waals surface area contributed by atoms with Crippen molar-refractivity contribution in [3.63, 3.8) is 0 Å². The zero-order valence-electron chi connectivity index (χ0n) is 10.5. The quantitative estimate of drug-likeness (QED) is 0.799. The molecule has 19 heavy (non-hydrogen) atoms. The lowest BCUT2D eigenvalue weighted by molar-refractivity contribution is -0.116. The fourth-order valence-corrected chi connectivity index (χ4v) is 2.54. The number of nitrogens with one attached hydrogen (secondary N) is 2. The van der Waals surface area contributed by atoms with Crippen LogP contribution in [0.2, 0.25) is 0 Å². The molecule has 0 bridgehead atoms. The van der Waals surface area contributed by atoms with E-state index in [1.165, 1.54) is 0 Å². The number of hydrogen-bond acceptors (Lipinski definition) is 3. The van der Waals surface area contributed by atoms with E-state index in [9.17, 15) is 9.59 Å².